The fraction of sp³-hybridized carbons (Fsp3) is 0.846. The standard InChI is InChI=1S/C13H27N2O7P/c1-6-21-23(18,19)22-9-13(3,4)11(16)12(17)14-8-7-10(2)15-20-5/h11,16H,6-9H2,1-5H3,(H,14,17)(H,18,19)/b15-10+/t11-/m1/s1. The van der Waals surface area contributed by atoms with Crippen LogP contribution in [-0.2, 0) is 23.2 Å². The van der Waals surface area contributed by atoms with Gasteiger partial charge >= 0.3 is 7.82 Å². The van der Waals surface area contributed by atoms with Gasteiger partial charge in [0, 0.05) is 18.4 Å². The molecule has 1 unspecified atom stereocenters. The molecule has 0 rings (SSSR count). The van der Waals surface area contributed by atoms with Crippen molar-refractivity contribution in [2.24, 2.45) is 10.6 Å². The van der Waals surface area contributed by atoms with E-state index in [9.17, 15) is 19.4 Å². The number of aliphatic hydroxyl groups is 1. The zero-order chi connectivity index (χ0) is 18.1. The summed E-state index contributed by atoms with van der Waals surface area (Å²) in [4.78, 5) is 25.9. The van der Waals surface area contributed by atoms with Crippen molar-refractivity contribution < 1.29 is 33.2 Å². The molecule has 0 radical (unpaired) electrons. The van der Waals surface area contributed by atoms with Crippen molar-refractivity contribution in [1.29, 1.82) is 0 Å². The molecule has 0 aliphatic carbocycles. The van der Waals surface area contributed by atoms with E-state index in [4.69, 9.17) is 4.52 Å². The predicted octanol–water partition coefficient (Wildman–Crippen LogP) is 1.06. The molecule has 1 amide bonds. The molecule has 136 valence electrons. The van der Waals surface area contributed by atoms with E-state index in [1.807, 2.05) is 0 Å². The van der Waals surface area contributed by atoms with Crippen LogP contribution in [0.5, 0.6) is 0 Å². The SMILES string of the molecule is CCOP(=O)(O)OCC(C)(C)[C@H](O)C(=O)NCC/C(C)=N/OC. The highest BCUT2D eigenvalue weighted by molar-refractivity contribution is 7.47. The number of hydrogen-bond donors (Lipinski definition) is 3. The van der Waals surface area contributed by atoms with E-state index in [1.54, 1.807) is 27.7 Å². The molecule has 0 aromatic carbocycles. The van der Waals surface area contributed by atoms with Crippen LogP contribution >= 0.6 is 7.82 Å². The van der Waals surface area contributed by atoms with Crippen LogP contribution < -0.4 is 5.32 Å². The monoisotopic (exact) mass is 354 g/mol. The molecular weight excluding hydrogens is 327 g/mol. The summed E-state index contributed by atoms with van der Waals surface area (Å²) in [5, 5.41) is 16.3. The Labute approximate surface area is 136 Å². The second-order valence-electron chi connectivity index (χ2n) is 5.60. The summed E-state index contributed by atoms with van der Waals surface area (Å²) in [5.74, 6) is -0.604. The molecule has 0 spiro atoms. The predicted molar refractivity (Wildman–Crippen MR) is 84.9 cm³/mol. The molecule has 0 saturated heterocycles. The molecule has 0 aromatic rings. The van der Waals surface area contributed by atoms with Crippen molar-refractivity contribution >= 4 is 19.4 Å². The molecule has 0 fully saturated rings. The van der Waals surface area contributed by atoms with Gasteiger partial charge in [0.1, 0.15) is 13.2 Å². The third-order valence-electron chi connectivity index (χ3n) is 2.91. The summed E-state index contributed by atoms with van der Waals surface area (Å²) in [6.07, 6.45) is -0.942. The maximum atomic E-state index is 11.9. The first-order valence-corrected chi connectivity index (χ1v) is 8.69. The zero-order valence-corrected chi connectivity index (χ0v) is 15.1. The minimum absolute atomic E-state index is 0.0135. The molecule has 0 saturated carbocycles. The summed E-state index contributed by atoms with van der Waals surface area (Å²) in [7, 11) is -2.75. The van der Waals surface area contributed by atoms with E-state index < -0.39 is 25.2 Å². The molecule has 0 aliphatic rings. The van der Waals surface area contributed by atoms with Crippen LogP contribution in [0.4, 0.5) is 0 Å². The maximum Gasteiger partial charge on any atom is 0.472 e. The van der Waals surface area contributed by atoms with Gasteiger partial charge in [-0.1, -0.05) is 19.0 Å². The van der Waals surface area contributed by atoms with Gasteiger partial charge in [-0.3, -0.25) is 13.8 Å². The van der Waals surface area contributed by atoms with Crippen LogP contribution in [0.2, 0.25) is 0 Å². The molecule has 2 atom stereocenters. The van der Waals surface area contributed by atoms with Crippen molar-refractivity contribution in [3.63, 3.8) is 0 Å². The highest BCUT2D eigenvalue weighted by Gasteiger charge is 2.36. The Hall–Kier alpha value is -0.990. The average molecular weight is 354 g/mol. The van der Waals surface area contributed by atoms with Crippen molar-refractivity contribution in [2.45, 2.75) is 40.2 Å². The number of carbonyl (C=O) groups excluding carboxylic acids is 1. The van der Waals surface area contributed by atoms with Crippen molar-refractivity contribution in [2.75, 3.05) is 26.9 Å². The number of rotatable bonds is 11. The molecule has 23 heavy (non-hydrogen) atoms. The third kappa shape index (κ3) is 9.02. The summed E-state index contributed by atoms with van der Waals surface area (Å²) in [6, 6.07) is 0. The van der Waals surface area contributed by atoms with Crippen molar-refractivity contribution in [3.8, 4) is 0 Å². The zero-order valence-electron chi connectivity index (χ0n) is 14.2. The topological polar surface area (TPSA) is 127 Å². The van der Waals surface area contributed by atoms with Crippen LogP contribution in [0.25, 0.3) is 0 Å². The minimum atomic E-state index is -4.17. The Morgan fingerprint density at radius 2 is 2.00 bits per heavy atom. The first kappa shape index (κ1) is 22.0. The molecular formula is C13H27N2O7P. The van der Waals surface area contributed by atoms with Gasteiger partial charge < -0.3 is 20.2 Å². The lowest BCUT2D eigenvalue weighted by Gasteiger charge is -2.29. The normalized spacial score (nSPS) is 16.6. The van der Waals surface area contributed by atoms with Gasteiger partial charge in [0.05, 0.1) is 18.9 Å². The van der Waals surface area contributed by atoms with Gasteiger partial charge in [-0.15, -0.1) is 0 Å². The van der Waals surface area contributed by atoms with E-state index in [-0.39, 0.29) is 19.8 Å². The number of phosphoric acid groups is 1. The van der Waals surface area contributed by atoms with Gasteiger partial charge in [0.2, 0.25) is 5.91 Å². The number of amides is 1. The van der Waals surface area contributed by atoms with Crippen molar-refractivity contribution in [1.82, 2.24) is 5.32 Å². The highest BCUT2D eigenvalue weighted by atomic mass is 31.2. The van der Waals surface area contributed by atoms with E-state index in [0.717, 1.165) is 0 Å². The molecule has 0 aliphatic heterocycles. The van der Waals surface area contributed by atoms with Crippen LogP contribution in [0.3, 0.4) is 0 Å². The fourth-order valence-corrected chi connectivity index (χ4v) is 2.44. The minimum Gasteiger partial charge on any atom is -0.399 e. The Morgan fingerprint density at radius 3 is 2.52 bits per heavy atom. The summed E-state index contributed by atoms with van der Waals surface area (Å²) >= 11 is 0. The number of phosphoric ester groups is 1. The van der Waals surface area contributed by atoms with E-state index >= 15 is 0 Å². The second kappa shape index (κ2) is 10.00. The largest absolute Gasteiger partial charge is 0.472 e. The second-order valence-corrected chi connectivity index (χ2v) is 7.05. The Kier molecular flexibility index (Phi) is 9.57. The van der Waals surface area contributed by atoms with E-state index in [1.165, 1.54) is 7.11 Å². The summed E-state index contributed by atoms with van der Waals surface area (Å²) in [5.41, 5.74) is -0.377. The number of carbonyl (C=O) groups is 1. The average Bonchev–Trinajstić information content (AvgIpc) is 2.44. The quantitative estimate of drug-likeness (QED) is 0.288. The number of oxime groups is 1. The molecule has 10 heteroatoms. The van der Waals surface area contributed by atoms with Gasteiger partial charge in [0.15, 0.2) is 0 Å². The van der Waals surface area contributed by atoms with Gasteiger partial charge in [-0.05, 0) is 13.8 Å². The molecule has 0 bridgehead atoms. The molecule has 9 nitrogen and oxygen atoms in total. The Morgan fingerprint density at radius 1 is 1.39 bits per heavy atom. The lowest BCUT2D eigenvalue weighted by Crippen LogP contribution is -2.46. The van der Waals surface area contributed by atoms with Crippen LogP contribution in [-0.4, -0.2) is 54.6 Å². The number of aliphatic hydroxyl groups excluding tert-OH is 1. The number of nitrogens with one attached hydrogen (secondary N) is 1. The third-order valence-corrected chi connectivity index (χ3v) is 3.95. The van der Waals surface area contributed by atoms with E-state index in [0.29, 0.717) is 12.1 Å². The fourth-order valence-electron chi connectivity index (χ4n) is 1.55. The van der Waals surface area contributed by atoms with Gasteiger partial charge in [-0.25, -0.2) is 4.57 Å². The summed E-state index contributed by atoms with van der Waals surface area (Å²) in [6.45, 7) is 6.36. The Bertz CT molecular complexity index is 454. The van der Waals surface area contributed by atoms with E-state index in [2.05, 4.69) is 19.8 Å². The van der Waals surface area contributed by atoms with Gasteiger partial charge in [-0.2, -0.15) is 0 Å². The molecule has 3 N–H and O–H groups in total. The lowest BCUT2D eigenvalue weighted by molar-refractivity contribution is -0.136. The van der Waals surface area contributed by atoms with Crippen LogP contribution in [0.1, 0.15) is 34.1 Å². The lowest BCUT2D eigenvalue weighted by atomic mass is 9.87. The smallest absolute Gasteiger partial charge is 0.399 e. The highest BCUT2D eigenvalue weighted by Crippen LogP contribution is 2.44. The van der Waals surface area contributed by atoms with Crippen LogP contribution in [0, 0.1) is 5.41 Å². The number of nitrogens with zero attached hydrogens (tertiary/aromatic N) is 1. The van der Waals surface area contributed by atoms with Crippen LogP contribution in [0.15, 0.2) is 5.16 Å². The Balaban J connectivity index is 4.43. The maximum absolute atomic E-state index is 11.9. The molecule has 0 aromatic heterocycles. The summed E-state index contributed by atoms with van der Waals surface area (Å²) < 4.78 is 20.8. The molecule has 0 heterocycles. The first-order valence-electron chi connectivity index (χ1n) is 7.20. The van der Waals surface area contributed by atoms with Gasteiger partial charge in [0.25, 0.3) is 0 Å². The van der Waals surface area contributed by atoms with Crippen molar-refractivity contribution in [3.05, 3.63) is 0 Å². The first-order chi connectivity index (χ1) is 10.6. The number of hydrogen-bond acceptors (Lipinski definition) is 7.